The van der Waals surface area contributed by atoms with Crippen molar-refractivity contribution in [1.29, 1.82) is 0 Å². The summed E-state index contributed by atoms with van der Waals surface area (Å²) in [5.74, 6) is 0.956. The second-order valence-corrected chi connectivity index (χ2v) is 5.82. The number of benzene rings is 1. The average Bonchev–Trinajstić information content (AvgIpc) is 3.08. The Kier molecular flexibility index (Phi) is 3.78. The molecule has 2 atom stereocenters. The predicted molar refractivity (Wildman–Crippen MR) is 77.5 cm³/mol. The zero-order valence-electron chi connectivity index (χ0n) is 12.0. The third-order valence-electron chi connectivity index (χ3n) is 3.90. The van der Waals surface area contributed by atoms with E-state index in [1.165, 1.54) is 24.8 Å². The van der Waals surface area contributed by atoms with E-state index in [0.717, 1.165) is 11.6 Å². The molecule has 0 spiro atoms. The summed E-state index contributed by atoms with van der Waals surface area (Å²) < 4.78 is 1.68. The summed E-state index contributed by atoms with van der Waals surface area (Å²) in [6, 6.07) is 9.25. The largest absolute Gasteiger partial charge is 0.308 e. The molecule has 20 heavy (non-hydrogen) atoms. The molecular formula is C15H21N5. The maximum Gasteiger partial charge on any atom is 0.143 e. The smallest absolute Gasteiger partial charge is 0.143 e. The highest BCUT2D eigenvalue weighted by molar-refractivity contribution is 5.35. The zero-order valence-corrected chi connectivity index (χ0v) is 12.0. The Morgan fingerprint density at radius 2 is 2.20 bits per heavy atom. The molecule has 3 rings (SSSR count). The molecule has 1 aliphatic rings. The van der Waals surface area contributed by atoms with Gasteiger partial charge in [0.1, 0.15) is 6.33 Å². The quantitative estimate of drug-likeness (QED) is 0.877. The lowest BCUT2D eigenvalue weighted by Gasteiger charge is -2.20. The van der Waals surface area contributed by atoms with Crippen LogP contribution in [0.15, 0.2) is 30.6 Å². The Morgan fingerprint density at radius 1 is 1.35 bits per heavy atom. The van der Waals surface area contributed by atoms with Crippen molar-refractivity contribution in [3.8, 4) is 5.69 Å². The number of nitrogens with zero attached hydrogens (tertiary/aromatic N) is 4. The van der Waals surface area contributed by atoms with E-state index in [-0.39, 0.29) is 0 Å². The fourth-order valence-electron chi connectivity index (χ4n) is 2.66. The summed E-state index contributed by atoms with van der Waals surface area (Å²) >= 11 is 0. The zero-order chi connectivity index (χ0) is 13.9. The first-order valence-corrected chi connectivity index (χ1v) is 7.32. The van der Waals surface area contributed by atoms with Gasteiger partial charge in [0, 0.05) is 12.1 Å². The van der Waals surface area contributed by atoms with Crippen molar-refractivity contribution >= 4 is 0 Å². The van der Waals surface area contributed by atoms with Crippen LogP contribution in [0.4, 0.5) is 0 Å². The van der Waals surface area contributed by atoms with Crippen molar-refractivity contribution in [3.63, 3.8) is 0 Å². The number of hydrogen-bond donors (Lipinski definition) is 1. The Bertz CT molecular complexity index is 547. The Hall–Kier alpha value is -1.75. The van der Waals surface area contributed by atoms with Gasteiger partial charge in [-0.05, 0) is 54.3 Å². The molecule has 1 aromatic carbocycles. The summed E-state index contributed by atoms with van der Waals surface area (Å²) in [7, 11) is 0. The number of rotatable bonds is 6. The van der Waals surface area contributed by atoms with Crippen LogP contribution in [-0.4, -0.2) is 26.2 Å². The maximum atomic E-state index is 3.93. The van der Waals surface area contributed by atoms with Gasteiger partial charge in [-0.2, -0.15) is 0 Å². The molecule has 1 N–H and O–H groups in total. The van der Waals surface area contributed by atoms with Crippen molar-refractivity contribution in [1.82, 2.24) is 25.5 Å². The molecule has 0 radical (unpaired) electrons. The molecule has 1 aliphatic carbocycles. The normalized spacial score (nSPS) is 17.9. The van der Waals surface area contributed by atoms with Gasteiger partial charge in [0.15, 0.2) is 0 Å². The van der Waals surface area contributed by atoms with E-state index >= 15 is 0 Å². The molecule has 0 aliphatic heterocycles. The molecule has 1 heterocycles. The van der Waals surface area contributed by atoms with Crippen molar-refractivity contribution in [3.05, 3.63) is 36.2 Å². The minimum absolute atomic E-state index is 0.334. The maximum absolute atomic E-state index is 3.93. The molecule has 5 heteroatoms. The molecule has 1 aromatic heterocycles. The van der Waals surface area contributed by atoms with Crippen molar-refractivity contribution in [2.24, 2.45) is 5.92 Å². The SMILES string of the molecule is CC(CC1CC1)NC(C)c1cccc(-n2cnnn2)c1. The van der Waals surface area contributed by atoms with E-state index in [0.29, 0.717) is 12.1 Å². The van der Waals surface area contributed by atoms with Crippen molar-refractivity contribution in [2.75, 3.05) is 0 Å². The molecule has 0 amide bonds. The first kappa shape index (κ1) is 13.2. The van der Waals surface area contributed by atoms with Crippen LogP contribution in [0.5, 0.6) is 0 Å². The average molecular weight is 271 g/mol. The summed E-state index contributed by atoms with van der Waals surface area (Å²) in [5.41, 5.74) is 2.26. The van der Waals surface area contributed by atoms with Crippen LogP contribution in [0.2, 0.25) is 0 Å². The first-order chi connectivity index (χ1) is 9.72. The summed E-state index contributed by atoms with van der Waals surface area (Å²) in [5, 5.41) is 15.0. The van der Waals surface area contributed by atoms with Crippen LogP contribution in [0, 0.1) is 5.92 Å². The molecule has 1 saturated carbocycles. The monoisotopic (exact) mass is 271 g/mol. The molecule has 5 nitrogen and oxygen atoms in total. The summed E-state index contributed by atoms with van der Waals surface area (Å²) in [6.45, 7) is 4.49. The Labute approximate surface area is 119 Å². The number of aromatic nitrogens is 4. The van der Waals surface area contributed by atoms with E-state index in [4.69, 9.17) is 0 Å². The van der Waals surface area contributed by atoms with Crippen LogP contribution < -0.4 is 5.32 Å². The molecule has 1 fully saturated rings. The van der Waals surface area contributed by atoms with E-state index in [2.05, 4.69) is 52.9 Å². The van der Waals surface area contributed by atoms with Gasteiger partial charge in [-0.25, -0.2) is 4.68 Å². The molecule has 2 aromatic rings. The fraction of sp³-hybridized carbons (Fsp3) is 0.533. The fourth-order valence-corrected chi connectivity index (χ4v) is 2.66. The highest BCUT2D eigenvalue weighted by Crippen LogP contribution is 2.33. The molecular weight excluding hydrogens is 250 g/mol. The van der Waals surface area contributed by atoms with E-state index in [1.807, 2.05) is 6.07 Å². The molecule has 0 saturated heterocycles. The van der Waals surface area contributed by atoms with Gasteiger partial charge in [-0.15, -0.1) is 5.10 Å². The number of hydrogen-bond acceptors (Lipinski definition) is 4. The topological polar surface area (TPSA) is 55.6 Å². The lowest BCUT2D eigenvalue weighted by Crippen LogP contribution is -2.29. The molecule has 106 valence electrons. The van der Waals surface area contributed by atoms with Gasteiger partial charge in [0.05, 0.1) is 5.69 Å². The highest BCUT2D eigenvalue weighted by Gasteiger charge is 2.24. The first-order valence-electron chi connectivity index (χ1n) is 7.32. The summed E-state index contributed by atoms with van der Waals surface area (Å²) in [6.07, 6.45) is 5.73. The standard InChI is InChI=1S/C15H21N5/c1-11(8-13-6-7-13)17-12(2)14-4-3-5-15(9-14)20-10-16-18-19-20/h3-5,9-13,17H,6-8H2,1-2H3. The second kappa shape index (κ2) is 5.71. The van der Waals surface area contributed by atoms with Gasteiger partial charge in [0.25, 0.3) is 0 Å². The van der Waals surface area contributed by atoms with Crippen molar-refractivity contribution in [2.45, 2.75) is 45.2 Å². The van der Waals surface area contributed by atoms with Crippen LogP contribution >= 0.6 is 0 Å². The number of tetrazole rings is 1. The minimum Gasteiger partial charge on any atom is -0.308 e. The molecule has 0 bridgehead atoms. The Morgan fingerprint density at radius 3 is 2.90 bits per heavy atom. The van der Waals surface area contributed by atoms with Gasteiger partial charge in [0.2, 0.25) is 0 Å². The second-order valence-electron chi connectivity index (χ2n) is 5.82. The van der Waals surface area contributed by atoms with E-state index < -0.39 is 0 Å². The van der Waals surface area contributed by atoms with Crippen LogP contribution in [-0.2, 0) is 0 Å². The van der Waals surface area contributed by atoms with Crippen molar-refractivity contribution < 1.29 is 0 Å². The third kappa shape index (κ3) is 3.22. The third-order valence-corrected chi connectivity index (χ3v) is 3.90. The van der Waals surface area contributed by atoms with E-state index in [1.54, 1.807) is 11.0 Å². The van der Waals surface area contributed by atoms with Crippen LogP contribution in [0.1, 0.15) is 44.7 Å². The van der Waals surface area contributed by atoms with Gasteiger partial charge >= 0.3 is 0 Å². The van der Waals surface area contributed by atoms with Gasteiger partial charge in [-0.1, -0.05) is 25.0 Å². The summed E-state index contributed by atoms with van der Waals surface area (Å²) in [4.78, 5) is 0. The highest BCUT2D eigenvalue weighted by atomic mass is 15.5. The lowest BCUT2D eigenvalue weighted by atomic mass is 10.1. The Balaban J connectivity index is 1.67. The van der Waals surface area contributed by atoms with Crippen LogP contribution in [0.25, 0.3) is 5.69 Å². The lowest BCUT2D eigenvalue weighted by molar-refractivity contribution is 0.438. The van der Waals surface area contributed by atoms with Gasteiger partial charge < -0.3 is 5.32 Å². The minimum atomic E-state index is 0.334. The molecule has 2 unspecified atom stereocenters. The van der Waals surface area contributed by atoms with Gasteiger partial charge in [-0.3, -0.25) is 0 Å². The predicted octanol–water partition coefficient (Wildman–Crippen LogP) is 2.50. The number of nitrogens with one attached hydrogen (secondary N) is 1. The van der Waals surface area contributed by atoms with Crippen LogP contribution in [0.3, 0.4) is 0 Å². The van der Waals surface area contributed by atoms with E-state index in [9.17, 15) is 0 Å².